The molecular weight excluding hydrogens is 364 g/mol. The fraction of sp³-hybridized carbons (Fsp3) is 0.417. The Balaban J connectivity index is 1.64. The second-order valence-corrected chi connectivity index (χ2v) is 7.64. The predicted octanol–water partition coefficient (Wildman–Crippen LogP) is 4.57. The van der Waals surface area contributed by atoms with Gasteiger partial charge in [-0.3, -0.25) is 9.69 Å². The summed E-state index contributed by atoms with van der Waals surface area (Å²) in [5.41, 5.74) is 3.35. The fourth-order valence-corrected chi connectivity index (χ4v) is 3.78. The average molecular weight is 395 g/mol. The van der Waals surface area contributed by atoms with E-state index in [1.165, 1.54) is 10.5 Å². The zero-order valence-electron chi connectivity index (χ0n) is 17.6. The first-order valence-corrected chi connectivity index (χ1v) is 10.3. The first-order chi connectivity index (χ1) is 14.0. The highest BCUT2D eigenvalue weighted by Crippen LogP contribution is 2.25. The molecule has 0 aromatic heterocycles. The number of nitrogens with zero attached hydrogens (tertiary/aromatic N) is 2. The highest BCUT2D eigenvalue weighted by molar-refractivity contribution is 6.04. The first-order valence-electron chi connectivity index (χ1n) is 10.3. The summed E-state index contributed by atoms with van der Waals surface area (Å²) in [6, 6.07) is 15.5. The Morgan fingerprint density at radius 3 is 2.24 bits per heavy atom. The number of imide groups is 1. The van der Waals surface area contributed by atoms with E-state index in [2.05, 4.69) is 0 Å². The predicted molar refractivity (Wildman–Crippen MR) is 114 cm³/mol. The van der Waals surface area contributed by atoms with Gasteiger partial charge in [0, 0.05) is 6.54 Å². The van der Waals surface area contributed by atoms with Gasteiger partial charge in [-0.15, -0.1) is 0 Å². The molecule has 0 aliphatic carbocycles. The molecule has 0 spiro atoms. The van der Waals surface area contributed by atoms with Gasteiger partial charge in [-0.2, -0.15) is 0 Å². The molecule has 154 valence electrons. The molecule has 0 radical (unpaired) electrons. The Morgan fingerprint density at radius 1 is 0.966 bits per heavy atom. The van der Waals surface area contributed by atoms with Crippen molar-refractivity contribution in [2.45, 2.75) is 52.1 Å². The van der Waals surface area contributed by atoms with E-state index in [0.29, 0.717) is 19.5 Å². The molecule has 3 amide bonds. The zero-order chi connectivity index (χ0) is 20.8. The Bertz CT molecular complexity index is 830. The third kappa shape index (κ3) is 4.97. The maximum absolute atomic E-state index is 13.0. The number of aryl methyl sites for hydroxylation is 2. The monoisotopic (exact) mass is 394 g/mol. The third-order valence-electron chi connectivity index (χ3n) is 5.43. The molecule has 0 N–H and O–H groups in total. The molecule has 3 rings (SSSR count). The lowest BCUT2D eigenvalue weighted by molar-refractivity contribution is -0.128. The van der Waals surface area contributed by atoms with Crippen LogP contribution in [0.1, 0.15) is 42.9 Å². The SMILES string of the molecule is CCCN1C(=O)N(Cc2ccc(C)cc2)C(=O)C1CCCc1ccc(OC)cc1. The molecule has 0 bridgehead atoms. The van der Waals surface area contributed by atoms with E-state index < -0.39 is 0 Å². The van der Waals surface area contributed by atoms with Gasteiger partial charge in [0.25, 0.3) is 5.91 Å². The van der Waals surface area contributed by atoms with Gasteiger partial charge in [0.15, 0.2) is 0 Å². The summed E-state index contributed by atoms with van der Waals surface area (Å²) < 4.78 is 5.19. The van der Waals surface area contributed by atoms with E-state index in [4.69, 9.17) is 4.74 Å². The average Bonchev–Trinajstić information content (AvgIpc) is 2.95. The second-order valence-electron chi connectivity index (χ2n) is 7.64. The van der Waals surface area contributed by atoms with Crippen molar-refractivity contribution in [2.75, 3.05) is 13.7 Å². The van der Waals surface area contributed by atoms with Crippen molar-refractivity contribution in [1.29, 1.82) is 0 Å². The molecule has 1 saturated heterocycles. The first kappa shape index (κ1) is 20.9. The van der Waals surface area contributed by atoms with Gasteiger partial charge in [-0.25, -0.2) is 4.79 Å². The topological polar surface area (TPSA) is 49.9 Å². The molecule has 1 heterocycles. The van der Waals surface area contributed by atoms with Gasteiger partial charge >= 0.3 is 6.03 Å². The molecule has 5 heteroatoms. The number of hydrogen-bond donors (Lipinski definition) is 0. The third-order valence-corrected chi connectivity index (χ3v) is 5.43. The Labute approximate surface area is 173 Å². The van der Waals surface area contributed by atoms with Crippen LogP contribution < -0.4 is 4.74 Å². The minimum Gasteiger partial charge on any atom is -0.497 e. The summed E-state index contributed by atoms with van der Waals surface area (Å²) in [6.07, 6.45) is 3.25. The number of rotatable bonds is 9. The molecule has 29 heavy (non-hydrogen) atoms. The van der Waals surface area contributed by atoms with Gasteiger partial charge in [0.2, 0.25) is 0 Å². The van der Waals surface area contributed by atoms with E-state index in [1.54, 1.807) is 12.0 Å². The van der Waals surface area contributed by atoms with E-state index in [0.717, 1.165) is 36.1 Å². The van der Waals surface area contributed by atoms with Crippen molar-refractivity contribution in [3.63, 3.8) is 0 Å². The minimum absolute atomic E-state index is 0.0706. The summed E-state index contributed by atoms with van der Waals surface area (Å²) in [4.78, 5) is 29.1. The number of ether oxygens (including phenoxy) is 1. The number of carbonyl (C=O) groups excluding carboxylic acids is 2. The van der Waals surface area contributed by atoms with Crippen molar-refractivity contribution in [3.8, 4) is 5.75 Å². The Hall–Kier alpha value is -2.82. The van der Waals surface area contributed by atoms with Gasteiger partial charge in [0.05, 0.1) is 13.7 Å². The van der Waals surface area contributed by atoms with Crippen LogP contribution in [0.15, 0.2) is 48.5 Å². The van der Waals surface area contributed by atoms with Gasteiger partial charge in [-0.1, -0.05) is 48.9 Å². The van der Waals surface area contributed by atoms with Gasteiger partial charge in [-0.05, 0) is 55.9 Å². The molecular formula is C24H30N2O3. The highest BCUT2D eigenvalue weighted by Gasteiger charge is 2.43. The Kier molecular flexibility index (Phi) is 6.91. The van der Waals surface area contributed by atoms with Crippen LogP contribution in [0.25, 0.3) is 0 Å². The number of amides is 3. The Morgan fingerprint density at radius 2 is 1.62 bits per heavy atom. The summed E-state index contributed by atoms with van der Waals surface area (Å²) in [7, 11) is 1.66. The van der Waals surface area contributed by atoms with Crippen LogP contribution in [0.5, 0.6) is 5.75 Å². The van der Waals surface area contributed by atoms with Crippen LogP contribution in [-0.4, -0.2) is 41.4 Å². The lowest BCUT2D eigenvalue weighted by Gasteiger charge is -2.21. The van der Waals surface area contributed by atoms with Crippen LogP contribution in [0.3, 0.4) is 0 Å². The lowest BCUT2D eigenvalue weighted by Crippen LogP contribution is -2.35. The standard InChI is InChI=1S/C24H30N2O3/c1-4-16-25-22(7-5-6-19-12-14-21(29-3)15-13-19)23(27)26(24(25)28)17-20-10-8-18(2)9-11-20/h8-15,22H,4-7,16-17H2,1-3H3. The van der Waals surface area contributed by atoms with E-state index >= 15 is 0 Å². The molecule has 1 aliphatic heterocycles. The van der Waals surface area contributed by atoms with E-state index in [-0.39, 0.29) is 18.0 Å². The smallest absolute Gasteiger partial charge is 0.327 e. The maximum Gasteiger partial charge on any atom is 0.327 e. The summed E-state index contributed by atoms with van der Waals surface area (Å²) in [5, 5.41) is 0. The number of benzene rings is 2. The molecule has 1 atom stereocenters. The van der Waals surface area contributed by atoms with Crippen molar-refractivity contribution in [1.82, 2.24) is 9.80 Å². The highest BCUT2D eigenvalue weighted by atomic mass is 16.5. The summed E-state index contributed by atoms with van der Waals surface area (Å²) in [5.74, 6) is 0.768. The van der Waals surface area contributed by atoms with Gasteiger partial charge < -0.3 is 9.64 Å². The fourth-order valence-electron chi connectivity index (χ4n) is 3.78. The summed E-state index contributed by atoms with van der Waals surface area (Å²) >= 11 is 0. The maximum atomic E-state index is 13.0. The molecule has 1 fully saturated rings. The number of urea groups is 1. The normalized spacial score (nSPS) is 16.6. The van der Waals surface area contributed by atoms with Crippen molar-refractivity contribution >= 4 is 11.9 Å². The largest absolute Gasteiger partial charge is 0.497 e. The molecule has 1 aliphatic rings. The van der Waals surface area contributed by atoms with Crippen molar-refractivity contribution in [2.24, 2.45) is 0 Å². The summed E-state index contributed by atoms with van der Waals surface area (Å²) in [6.45, 7) is 5.02. The second kappa shape index (κ2) is 9.59. The molecule has 0 saturated carbocycles. The molecule has 5 nitrogen and oxygen atoms in total. The lowest BCUT2D eigenvalue weighted by atomic mass is 10.0. The van der Waals surface area contributed by atoms with Gasteiger partial charge in [0.1, 0.15) is 11.8 Å². The zero-order valence-corrected chi connectivity index (χ0v) is 17.6. The van der Waals surface area contributed by atoms with Crippen LogP contribution in [0, 0.1) is 6.92 Å². The number of methoxy groups -OCH3 is 1. The van der Waals surface area contributed by atoms with E-state index in [1.807, 2.05) is 62.4 Å². The quantitative estimate of drug-likeness (QED) is 0.586. The van der Waals surface area contributed by atoms with Crippen LogP contribution >= 0.6 is 0 Å². The van der Waals surface area contributed by atoms with Crippen molar-refractivity contribution in [3.05, 3.63) is 65.2 Å². The van der Waals surface area contributed by atoms with Crippen LogP contribution in [-0.2, 0) is 17.8 Å². The minimum atomic E-state index is -0.355. The van der Waals surface area contributed by atoms with Crippen molar-refractivity contribution < 1.29 is 14.3 Å². The van der Waals surface area contributed by atoms with E-state index in [9.17, 15) is 9.59 Å². The van der Waals surface area contributed by atoms with Crippen LogP contribution in [0.2, 0.25) is 0 Å². The molecule has 2 aromatic rings. The molecule has 1 unspecified atom stereocenters. The number of hydrogen-bond acceptors (Lipinski definition) is 3. The number of carbonyl (C=O) groups is 2. The molecule has 2 aromatic carbocycles. The van der Waals surface area contributed by atoms with Crippen LogP contribution in [0.4, 0.5) is 4.79 Å².